The molecule has 1 amide bonds. The number of anilines is 1. The minimum atomic E-state index is -0.728. The van der Waals surface area contributed by atoms with Gasteiger partial charge in [0.1, 0.15) is 11.6 Å². The summed E-state index contributed by atoms with van der Waals surface area (Å²) in [5, 5.41) is 18.1. The Bertz CT molecular complexity index is 1330. The molecule has 0 saturated heterocycles. The molecule has 31 heavy (non-hydrogen) atoms. The zero-order chi connectivity index (χ0) is 21.8. The Labute approximate surface area is 184 Å². The number of nitrogens with zero attached hydrogens (tertiary/aromatic N) is 5. The molecule has 1 N–H and O–H groups in total. The third kappa shape index (κ3) is 4.32. The number of amides is 1. The van der Waals surface area contributed by atoms with Gasteiger partial charge in [-0.1, -0.05) is 29.8 Å². The van der Waals surface area contributed by atoms with Crippen LogP contribution in [-0.2, 0) is 14.3 Å². The van der Waals surface area contributed by atoms with Crippen molar-refractivity contribution < 1.29 is 14.3 Å². The van der Waals surface area contributed by atoms with Crippen LogP contribution >= 0.6 is 22.9 Å². The van der Waals surface area contributed by atoms with Crippen molar-refractivity contribution >= 4 is 51.7 Å². The number of halogens is 1. The van der Waals surface area contributed by atoms with E-state index in [1.54, 1.807) is 34.9 Å². The quantitative estimate of drug-likeness (QED) is 0.354. The van der Waals surface area contributed by atoms with E-state index >= 15 is 0 Å². The lowest BCUT2D eigenvalue weighted by Crippen LogP contribution is -2.22. The summed E-state index contributed by atoms with van der Waals surface area (Å²) in [7, 11) is 0. The van der Waals surface area contributed by atoms with Crippen molar-refractivity contribution in [2.45, 2.75) is 0 Å². The van der Waals surface area contributed by atoms with Gasteiger partial charge in [-0.05, 0) is 18.2 Å². The molecule has 3 aromatic heterocycles. The molecule has 0 radical (unpaired) electrons. The molecule has 0 saturated carbocycles. The molecule has 0 fully saturated rings. The summed E-state index contributed by atoms with van der Waals surface area (Å²) in [5.41, 5.74) is 1.37. The molecule has 0 bridgehead atoms. The molecule has 4 rings (SSSR count). The summed E-state index contributed by atoms with van der Waals surface area (Å²) >= 11 is 7.48. The Balaban J connectivity index is 1.40. The number of esters is 1. The highest BCUT2D eigenvalue weighted by Gasteiger charge is 2.16. The van der Waals surface area contributed by atoms with E-state index in [-0.39, 0.29) is 16.5 Å². The number of fused-ring (bicyclic) bond motifs is 1. The molecule has 0 spiro atoms. The van der Waals surface area contributed by atoms with Crippen LogP contribution in [0, 0.1) is 11.3 Å². The standard InChI is InChI=1S/C20H13ClN6O3S/c21-18-15(26-8-9-31-20(26)25-18)6-7-17(29)30-12-16(28)24-19-13(10-22)11-23-27(19)14-4-2-1-3-5-14/h1-9,11H,12H2,(H,24,28)/b7-6+. The first-order valence-electron chi connectivity index (χ1n) is 8.86. The van der Waals surface area contributed by atoms with Gasteiger partial charge >= 0.3 is 5.97 Å². The summed E-state index contributed by atoms with van der Waals surface area (Å²) in [6.07, 6.45) is 5.75. The highest BCUT2D eigenvalue weighted by Crippen LogP contribution is 2.22. The summed E-state index contributed by atoms with van der Waals surface area (Å²) in [4.78, 5) is 29.2. The van der Waals surface area contributed by atoms with Gasteiger partial charge in [-0.3, -0.25) is 9.20 Å². The van der Waals surface area contributed by atoms with Crippen molar-refractivity contribution in [1.82, 2.24) is 19.2 Å². The van der Waals surface area contributed by atoms with Crippen molar-refractivity contribution in [1.29, 1.82) is 5.26 Å². The Morgan fingerprint density at radius 2 is 2.13 bits per heavy atom. The fourth-order valence-electron chi connectivity index (χ4n) is 2.74. The third-order valence-corrected chi connectivity index (χ3v) is 5.16. The fourth-order valence-corrected chi connectivity index (χ4v) is 3.75. The number of para-hydroxylation sites is 1. The van der Waals surface area contributed by atoms with Crippen LogP contribution in [0.4, 0.5) is 5.82 Å². The number of hydrogen-bond donors (Lipinski definition) is 1. The SMILES string of the molecule is N#Cc1cnn(-c2ccccc2)c1NC(=O)COC(=O)/C=C/c1c(Cl)nc2sccn12. The summed E-state index contributed by atoms with van der Waals surface area (Å²) in [6, 6.07) is 11.0. The molecule has 1 aromatic carbocycles. The lowest BCUT2D eigenvalue weighted by Gasteiger charge is -2.09. The average Bonchev–Trinajstić information content (AvgIpc) is 3.46. The fraction of sp³-hybridized carbons (Fsp3) is 0.0500. The van der Waals surface area contributed by atoms with Gasteiger partial charge in [0, 0.05) is 17.7 Å². The molecule has 0 aliphatic carbocycles. The topological polar surface area (TPSA) is 114 Å². The van der Waals surface area contributed by atoms with Crippen LogP contribution in [0.1, 0.15) is 11.3 Å². The molecule has 0 aliphatic heterocycles. The number of carbonyl (C=O) groups excluding carboxylic acids is 2. The van der Waals surface area contributed by atoms with Gasteiger partial charge in [0.2, 0.25) is 0 Å². The Kier molecular flexibility index (Phi) is 5.79. The highest BCUT2D eigenvalue weighted by atomic mass is 35.5. The average molecular weight is 453 g/mol. The van der Waals surface area contributed by atoms with Crippen LogP contribution in [0.3, 0.4) is 0 Å². The number of aromatic nitrogens is 4. The predicted molar refractivity (Wildman–Crippen MR) is 115 cm³/mol. The number of benzene rings is 1. The van der Waals surface area contributed by atoms with E-state index in [4.69, 9.17) is 16.3 Å². The first kappa shape index (κ1) is 20.3. The van der Waals surface area contributed by atoms with Gasteiger partial charge in [-0.2, -0.15) is 10.4 Å². The maximum Gasteiger partial charge on any atom is 0.331 e. The van der Waals surface area contributed by atoms with Crippen molar-refractivity contribution in [2.75, 3.05) is 11.9 Å². The zero-order valence-corrected chi connectivity index (χ0v) is 17.3. The molecular weight excluding hydrogens is 440 g/mol. The van der Waals surface area contributed by atoms with Crippen molar-refractivity contribution in [2.24, 2.45) is 0 Å². The van der Waals surface area contributed by atoms with Crippen LogP contribution in [-0.4, -0.2) is 37.6 Å². The van der Waals surface area contributed by atoms with E-state index in [1.165, 1.54) is 28.3 Å². The maximum absolute atomic E-state index is 12.3. The number of hydrogen-bond acceptors (Lipinski definition) is 7. The van der Waals surface area contributed by atoms with E-state index in [2.05, 4.69) is 15.4 Å². The molecule has 0 aliphatic rings. The van der Waals surface area contributed by atoms with E-state index in [0.29, 0.717) is 16.3 Å². The number of nitrogens with one attached hydrogen (secondary N) is 1. The number of imidazole rings is 1. The van der Waals surface area contributed by atoms with Gasteiger partial charge in [-0.25, -0.2) is 14.5 Å². The molecule has 11 heteroatoms. The molecule has 0 unspecified atom stereocenters. The van der Waals surface area contributed by atoms with Crippen molar-refractivity contribution in [3.63, 3.8) is 0 Å². The Morgan fingerprint density at radius 1 is 1.32 bits per heavy atom. The number of nitriles is 1. The molecular formula is C20H13ClN6O3S. The third-order valence-electron chi connectivity index (χ3n) is 4.13. The largest absolute Gasteiger partial charge is 0.452 e. The molecule has 4 aromatic rings. The minimum Gasteiger partial charge on any atom is -0.452 e. The van der Waals surface area contributed by atoms with Crippen LogP contribution in [0.2, 0.25) is 5.15 Å². The van der Waals surface area contributed by atoms with E-state index in [0.717, 1.165) is 6.08 Å². The lowest BCUT2D eigenvalue weighted by molar-refractivity contribution is -0.142. The molecule has 9 nitrogen and oxygen atoms in total. The number of carbonyl (C=O) groups is 2. The van der Waals surface area contributed by atoms with E-state index < -0.39 is 18.5 Å². The van der Waals surface area contributed by atoms with Crippen LogP contribution < -0.4 is 5.32 Å². The summed E-state index contributed by atoms with van der Waals surface area (Å²) < 4.78 is 8.14. The molecule has 154 valence electrons. The van der Waals surface area contributed by atoms with Crippen molar-refractivity contribution in [3.8, 4) is 11.8 Å². The maximum atomic E-state index is 12.3. The molecule has 0 atom stereocenters. The predicted octanol–water partition coefficient (Wildman–Crippen LogP) is 3.30. The van der Waals surface area contributed by atoms with Crippen LogP contribution in [0.15, 0.2) is 54.2 Å². The first-order valence-corrected chi connectivity index (χ1v) is 10.1. The van der Waals surface area contributed by atoms with Gasteiger partial charge in [0.25, 0.3) is 5.91 Å². The Hall–Kier alpha value is -3.94. The van der Waals surface area contributed by atoms with Gasteiger partial charge in [0.05, 0.1) is 17.6 Å². The second-order valence-electron chi connectivity index (χ2n) is 6.10. The van der Waals surface area contributed by atoms with Crippen LogP contribution in [0.5, 0.6) is 0 Å². The number of rotatable bonds is 6. The summed E-state index contributed by atoms with van der Waals surface area (Å²) in [6.45, 7) is -0.540. The minimum absolute atomic E-state index is 0.179. The summed E-state index contributed by atoms with van der Waals surface area (Å²) in [5.74, 6) is -1.15. The normalized spacial score (nSPS) is 11.0. The second-order valence-corrected chi connectivity index (χ2v) is 7.33. The number of ether oxygens (including phenoxy) is 1. The van der Waals surface area contributed by atoms with Crippen LogP contribution in [0.25, 0.3) is 16.7 Å². The smallest absolute Gasteiger partial charge is 0.331 e. The Morgan fingerprint density at radius 3 is 2.90 bits per heavy atom. The molecule has 3 heterocycles. The van der Waals surface area contributed by atoms with Crippen molar-refractivity contribution in [3.05, 3.63) is 70.6 Å². The van der Waals surface area contributed by atoms with Gasteiger partial charge < -0.3 is 10.1 Å². The second kappa shape index (κ2) is 8.83. The zero-order valence-electron chi connectivity index (χ0n) is 15.7. The van der Waals surface area contributed by atoms with Gasteiger partial charge in [0.15, 0.2) is 22.5 Å². The lowest BCUT2D eigenvalue weighted by atomic mass is 10.3. The first-order chi connectivity index (χ1) is 15.1. The highest BCUT2D eigenvalue weighted by molar-refractivity contribution is 7.15. The monoisotopic (exact) mass is 452 g/mol. The number of thiazole rings is 1. The van der Waals surface area contributed by atoms with E-state index in [9.17, 15) is 14.9 Å². The van der Waals surface area contributed by atoms with E-state index in [1.807, 2.05) is 17.5 Å². The van der Waals surface area contributed by atoms with Gasteiger partial charge in [-0.15, -0.1) is 11.3 Å².